The number of aromatic nitrogens is 3. The number of amides is 1. The summed E-state index contributed by atoms with van der Waals surface area (Å²) in [5.74, 6) is 0.0529. The Balaban J connectivity index is 2.08. The van der Waals surface area contributed by atoms with E-state index in [-0.39, 0.29) is 23.8 Å². The number of rotatable bonds is 5. The van der Waals surface area contributed by atoms with E-state index in [0.717, 1.165) is 17.0 Å². The first-order chi connectivity index (χ1) is 10.9. The van der Waals surface area contributed by atoms with E-state index >= 15 is 0 Å². The van der Waals surface area contributed by atoms with Crippen LogP contribution in [0, 0.1) is 6.92 Å². The minimum atomic E-state index is -0.248. The molecule has 0 unspecified atom stereocenters. The number of nitrogens with zero attached hydrogens (tertiary/aromatic N) is 3. The second-order valence-corrected chi connectivity index (χ2v) is 6.04. The van der Waals surface area contributed by atoms with E-state index in [1.807, 2.05) is 39.8 Å². The minimum Gasteiger partial charge on any atom is -0.368 e. The Labute approximate surface area is 136 Å². The Morgan fingerprint density at radius 2 is 2.04 bits per heavy atom. The van der Waals surface area contributed by atoms with E-state index in [4.69, 9.17) is 5.73 Å². The SMILES string of the molecule is Cc1cccnc1C[C@@H](C)NC(=O)c1cc(C(C)C)nc(N)n1. The highest BCUT2D eigenvalue weighted by Crippen LogP contribution is 2.14. The van der Waals surface area contributed by atoms with Crippen LogP contribution in [0.5, 0.6) is 0 Å². The predicted octanol–water partition coefficient (Wildman–Crippen LogP) is 2.25. The normalized spacial score (nSPS) is 12.2. The Morgan fingerprint density at radius 1 is 1.30 bits per heavy atom. The average Bonchev–Trinajstić information content (AvgIpc) is 2.48. The number of nitrogens with two attached hydrogens (primary N) is 1. The Hall–Kier alpha value is -2.50. The molecule has 0 aliphatic rings. The number of anilines is 1. The number of hydrogen-bond acceptors (Lipinski definition) is 5. The molecule has 0 bridgehead atoms. The smallest absolute Gasteiger partial charge is 0.270 e. The van der Waals surface area contributed by atoms with Crippen LogP contribution >= 0.6 is 0 Å². The average molecular weight is 313 g/mol. The molecular weight excluding hydrogens is 290 g/mol. The van der Waals surface area contributed by atoms with Gasteiger partial charge in [0.2, 0.25) is 5.95 Å². The van der Waals surface area contributed by atoms with Crippen LogP contribution in [0.25, 0.3) is 0 Å². The zero-order valence-electron chi connectivity index (χ0n) is 14.0. The largest absolute Gasteiger partial charge is 0.368 e. The summed E-state index contributed by atoms with van der Waals surface area (Å²) in [4.78, 5) is 24.9. The Bertz CT molecular complexity index is 699. The van der Waals surface area contributed by atoms with Gasteiger partial charge in [-0.3, -0.25) is 9.78 Å². The Morgan fingerprint density at radius 3 is 2.70 bits per heavy atom. The van der Waals surface area contributed by atoms with Gasteiger partial charge in [0.1, 0.15) is 5.69 Å². The molecule has 0 radical (unpaired) electrons. The van der Waals surface area contributed by atoms with Crippen molar-refractivity contribution in [3.63, 3.8) is 0 Å². The molecule has 0 aromatic carbocycles. The quantitative estimate of drug-likeness (QED) is 0.883. The first kappa shape index (κ1) is 16.9. The van der Waals surface area contributed by atoms with Crippen molar-refractivity contribution in [1.29, 1.82) is 0 Å². The molecule has 2 aromatic rings. The summed E-state index contributed by atoms with van der Waals surface area (Å²) < 4.78 is 0. The van der Waals surface area contributed by atoms with Crippen molar-refractivity contribution in [3.8, 4) is 0 Å². The second kappa shape index (κ2) is 7.17. The van der Waals surface area contributed by atoms with Gasteiger partial charge in [0.05, 0.1) is 0 Å². The lowest BCUT2D eigenvalue weighted by Gasteiger charge is -2.15. The van der Waals surface area contributed by atoms with Crippen molar-refractivity contribution in [3.05, 3.63) is 47.0 Å². The monoisotopic (exact) mass is 313 g/mol. The molecule has 1 amide bonds. The van der Waals surface area contributed by atoms with Crippen molar-refractivity contribution in [2.24, 2.45) is 0 Å². The fourth-order valence-electron chi connectivity index (χ4n) is 2.27. The molecule has 0 saturated carbocycles. The van der Waals surface area contributed by atoms with Crippen molar-refractivity contribution >= 4 is 11.9 Å². The summed E-state index contributed by atoms with van der Waals surface area (Å²) in [6.07, 6.45) is 2.42. The zero-order chi connectivity index (χ0) is 17.0. The number of nitrogen functional groups attached to an aromatic ring is 1. The van der Waals surface area contributed by atoms with Crippen molar-refractivity contribution in [2.45, 2.75) is 46.1 Å². The fraction of sp³-hybridized carbons (Fsp3) is 0.412. The van der Waals surface area contributed by atoms with E-state index in [1.165, 1.54) is 0 Å². The predicted molar refractivity (Wildman–Crippen MR) is 90.1 cm³/mol. The van der Waals surface area contributed by atoms with Gasteiger partial charge < -0.3 is 11.1 Å². The van der Waals surface area contributed by atoms with Gasteiger partial charge in [0, 0.05) is 30.0 Å². The molecule has 1 atom stereocenters. The second-order valence-electron chi connectivity index (χ2n) is 6.04. The van der Waals surface area contributed by atoms with Gasteiger partial charge in [-0.05, 0) is 37.5 Å². The van der Waals surface area contributed by atoms with Gasteiger partial charge in [-0.25, -0.2) is 9.97 Å². The summed E-state index contributed by atoms with van der Waals surface area (Å²) in [5.41, 5.74) is 8.84. The third-order valence-electron chi connectivity index (χ3n) is 3.58. The lowest BCUT2D eigenvalue weighted by Crippen LogP contribution is -2.35. The third kappa shape index (κ3) is 4.48. The molecule has 3 N–H and O–H groups in total. The summed E-state index contributed by atoms with van der Waals surface area (Å²) in [6, 6.07) is 5.54. The maximum absolute atomic E-state index is 12.4. The lowest BCUT2D eigenvalue weighted by molar-refractivity contribution is 0.0934. The number of hydrogen-bond donors (Lipinski definition) is 2. The van der Waals surface area contributed by atoms with Crippen LogP contribution in [-0.2, 0) is 6.42 Å². The molecule has 0 aliphatic carbocycles. The number of aryl methyl sites for hydroxylation is 1. The highest BCUT2D eigenvalue weighted by Gasteiger charge is 2.15. The third-order valence-corrected chi connectivity index (χ3v) is 3.58. The number of carbonyl (C=O) groups is 1. The van der Waals surface area contributed by atoms with Gasteiger partial charge >= 0.3 is 0 Å². The topological polar surface area (TPSA) is 93.8 Å². The van der Waals surface area contributed by atoms with Crippen LogP contribution in [0.3, 0.4) is 0 Å². The zero-order valence-corrected chi connectivity index (χ0v) is 14.0. The molecule has 0 fully saturated rings. The standard InChI is InChI=1S/C17H23N5O/c1-10(2)13-9-15(22-17(18)21-13)16(23)20-12(4)8-14-11(3)6-5-7-19-14/h5-7,9-10,12H,8H2,1-4H3,(H,20,23)(H2,18,21,22)/t12-/m1/s1. The summed E-state index contributed by atoms with van der Waals surface area (Å²) in [6.45, 7) is 7.95. The van der Waals surface area contributed by atoms with Crippen molar-refractivity contribution < 1.29 is 4.79 Å². The highest BCUT2D eigenvalue weighted by atomic mass is 16.1. The first-order valence-electron chi connectivity index (χ1n) is 7.72. The summed E-state index contributed by atoms with van der Waals surface area (Å²) in [7, 11) is 0. The lowest BCUT2D eigenvalue weighted by atomic mass is 10.1. The van der Waals surface area contributed by atoms with Gasteiger partial charge in [0.15, 0.2) is 0 Å². The van der Waals surface area contributed by atoms with Gasteiger partial charge in [-0.2, -0.15) is 0 Å². The van der Waals surface area contributed by atoms with E-state index < -0.39 is 0 Å². The van der Waals surface area contributed by atoms with E-state index in [2.05, 4.69) is 20.3 Å². The first-order valence-corrected chi connectivity index (χ1v) is 7.72. The molecule has 2 aromatic heterocycles. The molecule has 0 saturated heterocycles. The molecule has 2 rings (SSSR count). The maximum atomic E-state index is 12.4. The molecule has 23 heavy (non-hydrogen) atoms. The van der Waals surface area contributed by atoms with Crippen LogP contribution in [0.1, 0.15) is 54.1 Å². The molecule has 122 valence electrons. The van der Waals surface area contributed by atoms with Crippen LogP contribution < -0.4 is 11.1 Å². The number of pyridine rings is 1. The van der Waals surface area contributed by atoms with Crippen LogP contribution in [0.15, 0.2) is 24.4 Å². The summed E-state index contributed by atoms with van der Waals surface area (Å²) >= 11 is 0. The number of carbonyl (C=O) groups excluding carboxylic acids is 1. The Kier molecular flexibility index (Phi) is 5.26. The molecule has 2 heterocycles. The molecule has 0 spiro atoms. The molecule has 6 heteroatoms. The molecule has 6 nitrogen and oxygen atoms in total. The van der Waals surface area contributed by atoms with Crippen molar-refractivity contribution in [1.82, 2.24) is 20.3 Å². The van der Waals surface area contributed by atoms with E-state index in [0.29, 0.717) is 12.1 Å². The van der Waals surface area contributed by atoms with Crippen LogP contribution in [0.4, 0.5) is 5.95 Å². The van der Waals surface area contributed by atoms with E-state index in [9.17, 15) is 4.79 Å². The van der Waals surface area contributed by atoms with Crippen LogP contribution in [-0.4, -0.2) is 26.9 Å². The van der Waals surface area contributed by atoms with Gasteiger partial charge in [-0.15, -0.1) is 0 Å². The van der Waals surface area contributed by atoms with Crippen molar-refractivity contribution in [2.75, 3.05) is 5.73 Å². The van der Waals surface area contributed by atoms with Gasteiger partial charge in [0.25, 0.3) is 5.91 Å². The molecule has 0 aliphatic heterocycles. The van der Waals surface area contributed by atoms with Gasteiger partial charge in [-0.1, -0.05) is 19.9 Å². The number of nitrogens with one attached hydrogen (secondary N) is 1. The fourth-order valence-corrected chi connectivity index (χ4v) is 2.27. The van der Waals surface area contributed by atoms with Crippen LogP contribution in [0.2, 0.25) is 0 Å². The maximum Gasteiger partial charge on any atom is 0.270 e. The molecular formula is C17H23N5O. The van der Waals surface area contributed by atoms with E-state index in [1.54, 1.807) is 12.3 Å². The highest BCUT2D eigenvalue weighted by molar-refractivity contribution is 5.92. The summed E-state index contributed by atoms with van der Waals surface area (Å²) in [5, 5.41) is 2.94. The minimum absolute atomic E-state index is 0.0604.